The summed E-state index contributed by atoms with van der Waals surface area (Å²) in [5, 5.41) is 12.7. The number of rotatable bonds is 6. The number of aliphatic hydroxyl groups excluding tert-OH is 1. The van der Waals surface area contributed by atoms with Crippen molar-refractivity contribution in [2.45, 2.75) is 58.7 Å². The molecule has 0 atom stereocenters. The number of benzene rings is 1. The average Bonchev–Trinajstić information content (AvgIpc) is 2.49. The molecule has 22 heavy (non-hydrogen) atoms. The van der Waals surface area contributed by atoms with Crippen molar-refractivity contribution < 1.29 is 18.6 Å². The van der Waals surface area contributed by atoms with E-state index in [0.29, 0.717) is 12.0 Å². The van der Waals surface area contributed by atoms with Gasteiger partial charge in [0.15, 0.2) is 0 Å². The van der Waals surface area contributed by atoms with Gasteiger partial charge in [-0.3, -0.25) is 0 Å². The molecule has 3 nitrogen and oxygen atoms in total. The predicted octanol–water partition coefficient (Wildman–Crippen LogP) is 3.55. The van der Waals surface area contributed by atoms with E-state index in [1.165, 1.54) is 0 Å². The van der Waals surface area contributed by atoms with Gasteiger partial charge in [0.1, 0.15) is 5.75 Å². The van der Waals surface area contributed by atoms with E-state index in [1.807, 2.05) is 12.1 Å². The smallest absolute Gasteiger partial charge is 0.387 e. The number of aliphatic hydroxyl groups is 1. The zero-order valence-corrected chi connectivity index (χ0v) is 13.2. The van der Waals surface area contributed by atoms with Crippen LogP contribution in [0.25, 0.3) is 0 Å². The van der Waals surface area contributed by atoms with E-state index < -0.39 is 6.61 Å². The van der Waals surface area contributed by atoms with Crippen LogP contribution in [0.15, 0.2) is 12.1 Å². The molecule has 124 valence electrons. The molecule has 0 unspecified atom stereocenters. The van der Waals surface area contributed by atoms with Crippen LogP contribution in [0.2, 0.25) is 0 Å². The molecule has 2 N–H and O–H groups in total. The van der Waals surface area contributed by atoms with Crippen LogP contribution in [0, 0.1) is 19.8 Å². The highest BCUT2D eigenvalue weighted by atomic mass is 19.3. The largest absolute Gasteiger partial charge is 0.434 e. The summed E-state index contributed by atoms with van der Waals surface area (Å²) in [6.45, 7) is 1.81. The van der Waals surface area contributed by atoms with Crippen LogP contribution in [0.1, 0.15) is 42.4 Å². The maximum absolute atomic E-state index is 12.4. The summed E-state index contributed by atoms with van der Waals surface area (Å²) in [7, 11) is 0. The number of halogens is 2. The minimum absolute atomic E-state index is 0.280. The minimum Gasteiger partial charge on any atom is -0.434 e. The lowest BCUT2D eigenvalue weighted by molar-refractivity contribution is -0.0507. The van der Waals surface area contributed by atoms with Gasteiger partial charge in [0.25, 0.3) is 0 Å². The van der Waals surface area contributed by atoms with E-state index in [1.54, 1.807) is 13.8 Å². The molecule has 1 aromatic rings. The van der Waals surface area contributed by atoms with Crippen LogP contribution in [0.3, 0.4) is 0 Å². The summed E-state index contributed by atoms with van der Waals surface area (Å²) >= 11 is 0. The molecule has 0 bridgehead atoms. The lowest BCUT2D eigenvalue weighted by atomic mass is 9.86. The Morgan fingerprint density at radius 2 is 1.77 bits per heavy atom. The highest BCUT2D eigenvalue weighted by Crippen LogP contribution is 2.27. The van der Waals surface area contributed by atoms with Gasteiger partial charge in [-0.1, -0.05) is 12.1 Å². The van der Waals surface area contributed by atoms with Crippen LogP contribution < -0.4 is 10.1 Å². The molecule has 1 saturated carbocycles. The van der Waals surface area contributed by atoms with Crippen molar-refractivity contribution in [2.24, 2.45) is 5.92 Å². The van der Waals surface area contributed by atoms with E-state index in [9.17, 15) is 8.78 Å². The molecular weight excluding hydrogens is 288 g/mol. The molecule has 0 spiro atoms. The van der Waals surface area contributed by atoms with Gasteiger partial charge in [-0.15, -0.1) is 0 Å². The lowest BCUT2D eigenvalue weighted by Gasteiger charge is -2.28. The Bertz CT molecular complexity index is 463. The molecular formula is C17H25F2NO2. The molecule has 0 aliphatic heterocycles. The fourth-order valence-electron chi connectivity index (χ4n) is 3.23. The standard InChI is InChI=1S/C17H25F2NO2/c1-11-7-14(8-12(2)16(11)22-17(18)19)9-20-15-5-3-13(10-21)4-6-15/h7-8,13,15,17,20-21H,3-6,9-10H2,1-2H3. The summed E-state index contributed by atoms with van der Waals surface area (Å²) in [6.07, 6.45) is 4.28. The monoisotopic (exact) mass is 313 g/mol. The number of hydrogen-bond acceptors (Lipinski definition) is 3. The van der Waals surface area contributed by atoms with E-state index in [2.05, 4.69) is 10.1 Å². The summed E-state index contributed by atoms with van der Waals surface area (Å²) in [5.41, 5.74) is 2.56. The molecule has 1 aromatic carbocycles. The Morgan fingerprint density at radius 1 is 1.18 bits per heavy atom. The number of hydrogen-bond donors (Lipinski definition) is 2. The molecule has 0 heterocycles. The third-order valence-corrected chi connectivity index (χ3v) is 4.43. The molecule has 1 aliphatic rings. The van der Waals surface area contributed by atoms with Crippen molar-refractivity contribution in [3.8, 4) is 5.75 Å². The molecule has 0 amide bonds. The van der Waals surface area contributed by atoms with Gasteiger partial charge in [0.2, 0.25) is 0 Å². The first-order valence-corrected chi connectivity index (χ1v) is 7.88. The van der Waals surface area contributed by atoms with E-state index in [0.717, 1.165) is 48.9 Å². The molecule has 5 heteroatoms. The third kappa shape index (κ3) is 4.65. The second-order valence-corrected chi connectivity index (χ2v) is 6.22. The number of aryl methyl sites for hydroxylation is 2. The van der Waals surface area contributed by atoms with Gasteiger partial charge in [0.05, 0.1) is 0 Å². The summed E-state index contributed by atoms with van der Waals surface area (Å²) < 4.78 is 29.3. The predicted molar refractivity (Wildman–Crippen MR) is 82.2 cm³/mol. The van der Waals surface area contributed by atoms with Crippen molar-refractivity contribution in [1.82, 2.24) is 5.32 Å². The summed E-state index contributed by atoms with van der Waals surface area (Å²) in [4.78, 5) is 0. The van der Waals surface area contributed by atoms with Crippen LogP contribution in [0.5, 0.6) is 5.75 Å². The Balaban J connectivity index is 1.91. The van der Waals surface area contributed by atoms with Crippen LogP contribution in [-0.4, -0.2) is 24.4 Å². The topological polar surface area (TPSA) is 41.5 Å². The van der Waals surface area contributed by atoms with Gasteiger partial charge in [0, 0.05) is 19.2 Å². The molecule has 0 saturated heterocycles. The molecule has 1 fully saturated rings. The first-order chi connectivity index (χ1) is 10.5. The van der Waals surface area contributed by atoms with E-state index >= 15 is 0 Å². The van der Waals surface area contributed by atoms with Gasteiger partial charge < -0.3 is 15.2 Å². The Labute approximate surface area is 130 Å². The fourth-order valence-corrected chi connectivity index (χ4v) is 3.23. The van der Waals surface area contributed by atoms with E-state index in [-0.39, 0.29) is 12.4 Å². The lowest BCUT2D eigenvalue weighted by Crippen LogP contribution is -2.33. The number of ether oxygens (including phenoxy) is 1. The zero-order chi connectivity index (χ0) is 16.1. The second kappa shape index (κ2) is 7.88. The Morgan fingerprint density at radius 3 is 2.27 bits per heavy atom. The van der Waals surface area contributed by atoms with Gasteiger partial charge in [-0.05, 0) is 62.1 Å². The van der Waals surface area contributed by atoms with Crippen molar-refractivity contribution in [3.05, 3.63) is 28.8 Å². The molecule has 0 aromatic heterocycles. The molecule has 0 radical (unpaired) electrons. The minimum atomic E-state index is -2.79. The summed E-state index contributed by atoms with van der Waals surface area (Å²) in [5.74, 6) is 0.732. The van der Waals surface area contributed by atoms with Crippen molar-refractivity contribution >= 4 is 0 Å². The fraction of sp³-hybridized carbons (Fsp3) is 0.647. The normalized spacial score (nSPS) is 22.1. The maximum Gasteiger partial charge on any atom is 0.387 e. The van der Waals surface area contributed by atoms with Gasteiger partial charge >= 0.3 is 6.61 Å². The number of alkyl halides is 2. The number of nitrogens with one attached hydrogen (secondary N) is 1. The Kier molecular flexibility index (Phi) is 6.15. The average molecular weight is 313 g/mol. The van der Waals surface area contributed by atoms with Gasteiger partial charge in [-0.2, -0.15) is 8.78 Å². The Hall–Kier alpha value is -1.20. The van der Waals surface area contributed by atoms with Crippen LogP contribution in [-0.2, 0) is 6.54 Å². The first-order valence-electron chi connectivity index (χ1n) is 7.88. The second-order valence-electron chi connectivity index (χ2n) is 6.22. The van der Waals surface area contributed by atoms with Crippen molar-refractivity contribution in [3.63, 3.8) is 0 Å². The first kappa shape index (κ1) is 17.2. The zero-order valence-electron chi connectivity index (χ0n) is 13.2. The molecule has 1 aliphatic carbocycles. The highest BCUT2D eigenvalue weighted by molar-refractivity contribution is 5.43. The van der Waals surface area contributed by atoms with E-state index in [4.69, 9.17) is 5.11 Å². The highest BCUT2D eigenvalue weighted by Gasteiger charge is 2.20. The van der Waals surface area contributed by atoms with Crippen molar-refractivity contribution in [1.29, 1.82) is 0 Å². The summed E-state index contributed by atoms with van der Waals surface area (Å²) in [6, 6.07) is 4.27. The SMILES string of the molecule is Cc1cc(CNC2CCC(CO)CC2)cc(C)c1OC(F)F. The molecule has 2 rings (SSSR count). The van der Waals surface area contributed by atoms with Crippen molar-refractivity contribution in [2.75, 3.05) is 6.61 Å². The third-order valence-electron chi connectivity index (χ3n) is 4.43. The van der Waals surface area contributed by atoms with Crippen LogP contribution in [0.4, 0.5) is 8.78 Å². The maximum atomic E-state index is 12.4. The quantitative estimate of drug-likeness (QED) is 0.844. The van der Waals surface area contributed by atoms with Gasteiger partial charge in [-0.25, -0.2) is 0 Å². The van der Waals surface area contributed by atoms with Crippen LogP contribution >= 0.6 is 0 Å².